The quantitative estimate of drug-likeness (QED) is 0.523. The van der Waals surface area contributed by atoms with Crippen LogP contribution in [0.3, 0.4) is 0 Å². The third kappa shape index (κ3) is 3.97. The van der Waals surface area contributed by atoms with E-state index in [2.05, 4.69) is 31.2 Å². The minimum Gasteiger partial charge on any atom is -0.494 e. The van der Waals surface area contributed by atoms with Crippen LogP contribution in [-0.4, -0.2) is 17.1 Å². The Morgan fingerprint density at radius 2 is 2.00 bits per heavy atom. The number of pyridine rings is 2. The van der Waals surface area contributed by atoms with Crippen molar-refractivity contribution in [3.8, 4) is 5.75 Å². The summed E-state index contributed by atoms with van der Waals surface area (Å²) in [6, 6.07) is 6.42. The summed E-state index contributed by atoms with van der Waals surface area (Å²) in [5, 5.41) is 3.44. The van der Waals surface area contributed by atoms with Crippen LogP contribution in [0.1, 0.15) is 16.7 Å². The van der Waals surface area contributed by atoms with E-state index in [4.69, 9.17) is 16.3 Å². The predicted octanol–water partition coefficient (Wildman–Crippen LogP) is 5.68. The maximum absolute atomic E-state index is 14.1. The summed E-state index contributed by atoms with van der Waals surface area (Å²) >= 11 is 9.20. The largest absolute Gasteiger partial charge is 0.494 e. The fourth-order valence-corrected chi connectivity index (χ4v) is 3.32. The molecule has 0 unspecified atom stereocenters. The molecule has 3 aromatic rings. The highest BCUT2D eigenvalue weighted by Crippen LogP contribution is 2.31. The smallest absolute Gasteiger partial charge is 0.155 e. The molecule has 0 fully saturated rings. The van der Waals surface area contributed by atoms with E-state index < -0.39 is 5.82 Å². The molecule has 0 aliphatic heterocycles. The molecule has 0 spiro atoms. The summed E-state index contributed by atoms with van der Waals surface area (Å²) in [6.45, 7) is 1.97. The van der Waals surface area contributed by atoms with E-state index in [-0.39, 0.29) is 0 Å². The Hall–Kier alpha value is -2.18. The van der Waals surface area contributed by atoms with E-state index >= 15 is 0 Å². The van der Waals surface area contributed by atoms with Gasteiger partial charge < -0.3 is 10.1 Å². The van der Waals surface area contributed by atoms with Gasteiger partial charge in [-0.2, -0.15) is 0 Å². The second-order valence-corrected chi connectivity index (χ2v) is 6.88. The number of nitrogens with one attached hydrogen (secondary N) is 1. The summed E-state index contributed by atoms with van der Waals surface area (Å²) in [4.78, 5) is 8.46. The molecular weight excluding hydrogens is 421 g/mol. The van der Waals surface area contributed by atoms with Crippen LogP contribution >= 0.6 is 27.5 Å². The summed E-state index contributed by atoms with van der Waals surface area (Å²) in [7, 11) is 1.61. The van der Waals surface area contributed by atoms with E-state index in [9.17, 15) is 4.39 Å². The van der Waals surface area contributed by atoms with Crippen LogP contribution in [-0.2, 0) is 6.42 Å². The molecule has 0 atom stereocenters. The maximum atomic E-state index is 14.1. The molecule has 4 nitrogen and oxygen atoms in total. The first-order valence-electron chi connectivity index (χ1n) is 7.82. The Labute approximate surface area is 164 Å². The molecule has 0 aliphatic carbocycles. The normalized spacial score (nSPS) is 10.7. The minimum atomic E-state index is -0.415. The molecule has 3 rings (SSSR count). The molecule has 0 bridgehead atoms. The van der Waals surface area contributed by atoms with Gasteiger partial charge in [0.05, 0.1) is 24.7 Å². The zero-order chi connectivity index (χ0) is 18.7. The number of ether oxygens (including phenoxy) is 1. The number of rotatable bonds is 5. The van der Waals surface area contributed by atoms with Crippen LogP contribution in [0.25, 0.3) is 0 Å². The third-order valence-corrected chi connectivity index (χ3v) is 4.85. The lowest BCUT2D eigenvalue weighted by Crippen LogP contribution is -2.02. The van der Waals surface area contributed by atoms with Crippen molar-refractivity contribution in [3.05, 3.63) is 75.0 Å². The number of aromatic nitrogens is 2. The van der Waals surface area contributed by atoms with Crippen LogP contribution in [0.4, 0.5) is 15.8 Å². The Bertz CT molecular complexity index is 952. The standard InChI is InChI=1S/C19H16BrClFN3O/c1-11-13(7-12-5-6-24-19(20)18(12)26-2)9-23-10-17(11)25-16-4-3-14(21)8-15(16)22/h3-6,8-10,25H,7H2,1-2H3. The first-order valence-corrected chi connectivity index (χ1v) is 8.99. The van der Waals surface area contributed by atoms with Gasteiger partial charge in [-0.25, -0.2) is 9.37 Å². The van der Waals surface area contributed by atoms with Gasteiger partial charge in [0.15, 0.2) is 5.75 Å². The predicted molar refractivity (Wildman–Crippen MR) is 105 cm³/mol. The zero-order valence-corrected chi connectivity index (χ0v) is 16.5. The first-order chi connectivity index (χ1) is 12.5. The highest BCUT2D eigenvalue weighted by molar-refractivity contribution is 9.10. The van der Waals surface area contributed by atoms with Gasteiger partial charge in [-0.3, -0.25) is 4.98 Å². The zero-order valence-electron chi connectivity index (χ0n) is 14.2. The van der Waals surface area contributed by atoms with Gasteiger partial charge in [-0.1, -0.05) is 11.6 Å². The lowest BCUT2D eigenvalue weighted by molar-refractivity contribution is 0.405. The summed E-state index contributed by atoms with van der Waals surface area (Å²) in [5.74, 6) is 0.274. The molecule has 0 saturated carbocycles. The third-order valence-electron chi connectivity index (χ3n) is 4.05. The van der Waals surface area contributed by atoms with Gasteiger partial charge in [0.1, 0.15) is 10.4 Å². The number of methoxy groups -OCH3 is 1. The van der Waals surface area contributed by atoms with Gasteiger partial charge in [0.25, 0.3) is 0 Å². The molecule has 2 heterocycles. The summed E-state index contributed by atoms with van der Waals surface area (Å²) in [5.41, 5.74) is 4.04. The number of halogens is 3. The van der Waals surface area contributed by atoms with Crippen molar-refractivity contribution in [1.82, 2.24) is 9.97 Å². The fraction of sp³-hybridized carbons (Fsp3) is 0.158. The molecule has 0 amide bonds. The van der Waals surface area contributed by atoms with Crippen molar-refractivity contribution in [2.24, 2.45) is 0 Å². The van der Waals surface area contributed by atoms with E-state index in [1.165, 1.54) is 6.07 Å². The Morgan fingerprint density at radius 1 is 1.19 bits per heavy atom. The van der Waals surface area contributed by atoms with Crippen LogP contribution in [0.5, 0.6) is 5.75 Å². The first kappa shape index (κ1) is 18.6. The van der Waals surface area contributed by atoms with Crippen LogP contribution in [0, 0.1) is 12.7 Å². The molecule has 7 heteroatoms. The topological polar surface area (TPSA) is 47.0 Å². The minimum absolute atomic E-state index is 0.348. The van der Waals surface area contributed by atoms with Crippen molar-refractivity contribution in [2.75, 3.05) is 12.4 Å². The molecule has 1 aromatic carbocycles. The highest BCUT2D eigenvalue weighted by atomic mass is 79.9. The van der Waals surface area contributed by atoms with Gasteiger partial charge in [0, 0.05) is 29.4 Å². The Balaban J connectivity index is 1.92. The van der Waals surface area contributed by atoms with E-state index in [0.29, 0.717) is 27.5 Å². The van der Waals surface area contributed by atoms with Crippen molar-refractivity contribution < 1.29 is 9.13 Å². The van der Waals surface area contributed by atoms with E-state index in [0.717, 1.165) is 22.4 Å². The van der Waals surface area contributed by atoms with Crippen LogP contribution < -0.4 is 10.1 Å². The van der Waals surface area contributed by atoms with E-state index in [1.807, 2.05) is 13.0 Å². The van der Waals surface area contributed by atoms with Gasteiger partial charge >= 0.3 is 0 Å². The molecule has 0 aliphatic rings. The molecular formula is C19H16BrClFN3O. The van der Waals surface area contributed by atoms with Gasteiger partial charge in [-0.05, 0) is 58.2 Å². The van der Waals surface area contributed by atoms with Crippen molar-refractivity contribution in [1.29, 1.82) is 0 Å². The van der Waals surface area contributed by atoms with Crippen LogP contribution in [0.2, 0.25) is 5.02 Å². The van der Waals surface area contributed by atoms with Crippen molar-refractivity contribution in [2.45, 2.75) is 13.3 Å². The average molecular weight is 437 g/mol. The summed E-state index contributed by atoms with van der Waals surface area (Å²) < 4.78 is 20.1. The molecule has 26 heavy (non-hydrogen) atoms. The monoisotopic (exact) mass is 435 g/mol. The Morgan fingerprint density at radius 3 is 2.73 bits per heavy atom. The van der Waals surface area contributed by atoms with Crippen molar-refractivity contribution in [3.63, 3.8) is 0 Å². The Kier molecular flexibility index (Phi) is 5.74. The van der Waals surface area contributed by atoms with Crippen molar-refractivity contribution >= 4 is 38.9 Å². The number of hydrogen-bond acceptors (Lipinski definition) is 4. The number of hydrogen-bond donors (Lipinski definition) is 1. The second kappa shape index (κ2) is 8.01. The number of benzene rings is 1. The second-order valence-electron chi connectivity index (χ2n) is 5.69. The fourth-order valence-electron chi connectivity index (χ4n) is 2.63. The SMILES string of the molecule is COc1c(Cc2cncc(Nc3ccc(Cl)cc3F)c2C)ccnc1Br. The molecule has 134 valence electrons. The maximum Gasteiger partial charge on any atom is 0.155 e. The van der Waals surface area contributed by atoms with E-state index in [1.54, 1.807) is 37.8 Å². The summed E-state index contributed by atoms with van der Waals surface area (Å²) in [6.07, 6.45) is 5.80. The molecule has 0 radical (unpaired) electrons. The number of anilines is 2. The molecule has 2 aromatic heterocycles. The van der Waals surface area contributed by atoms with Gasteiger partial charge in [-0.15, -0.1) is 0 Å². The molecule has 1 N–H and O–H groups in total. The van der Waals surface area contributed by atoms with Gasteiger partial charge in [0.2, 0.25) is 0 Å². The lowest BCUT2D eigenvalue weighted by atomic mass is 10.0. The molecule has 0 saturated heterocycles. The highest BCUT2D eigenvalue weighted by Gasteiger charge is 2.13. The van der Waals surface area contributed by atoms with Crippen LogP contribution in [0.15, 0.2) is 47.5 Å². The lowest BCUT2D eigenvalue weighted by Gasteiger charge is -2.15. The number of nitrogens with zero attached hydrogens (tertiary/aromatic N) is 2. The average Bonchev–Trinajstić information content (AvgIpc) is 2.61.